The molecule has 68 valence electrons. The van der Waals surface area contributed by atoms with Crippen molar-refractivity contribution in [2.24, 2.45) is 0 Å². The molecule has 0 radical (unpaired) electrons. The first kappa shape index (κ1) is 7.78. The lowest BCUT2D eigenvalue weighted by Gasteiger charge is -1.89. The fourth-order valence-electron chi connectivity index (χ4n) is 1.14. The second kappa shape index (κ2) is 2.58. The molecule has 0 aromatic carbocycles. The highest BCUT2D eigenvalue weighted by atomic mass is 16.1. The Morgan fingerprint density at radius 1 is 1.38 bits per heavy atom. The molecule has 0 aliphatic carbocycles. The summed E-state index contributed by atoms with van der Waals surface area (Å²) >= 11 is 0. The molecule has 0 amide bonds. The van der Waals surface area contributed by atoms with Gasteiger partial charge in [0.2, 0.25) is 5.95 Å². The van der Waals surface area contributed by atoms with Gasteiger partial charge in [0.15, 0.2) is 11.2 Å². The van der Waals surface area contributed by atoms with E-state index in [1.807, 2.05) is 6.92 Å². The highest BCUT2D eigenvalue weighted by molar-refractivity contribution is 5.70. The van der Waals surface area contributed by atoms with E-state index in [1.54, 1.807) is 0 Å². The van der Waals surface area contributed by atoms with Gasteiger partial charge in [-0.05, 0) is 0 Å². The summed E-state index contributed by atoms with van der Waals surface area (Å²) in [6, 6.07) is 0. The van der Waals surface area contributed by atoms with Gasteiger partial charge in [-0.2, -0.15) is 4.98 Å². The van der Waals surface area contributed by atoms with Crippen LogP contribution in [0.15, 0.2) is 4.79 Å². The van der Waals surface area contributed by atoms with Crippen LogP contribution in [-0.2, 0) is 6.42 Å². The molecule has 2 aromatic rings. The number of aromatic amines is 2. The number of rotatable bonds is 1. The Kier molecular flexibility index (Phi) is 1.54. The molecule has 6 nitrogen and oxygen atoms in total. The maximum Gasteiger partial charge on any atom is 0.280 e. The summed E-state index contributed by atoms with van der Waals surface area (Å²) in [5.74, 6) is 0.836. The van der Waals surface area contributed by atoms with Gasteiger partial charge in [0, 0.05) is 6.42 Å². The van der Waals surface area contributed by atoms with Gasteiger partial charge in [0.05, 0.1) is 0 Å². The van der Waals surface area contributed by atoms with E-state index in [0.29, 0.717) is 11.2 Å². The van der Waals surface area contributed by atoms with Crippen molar-refractivity contribution >= 4 is 17.1 Å². The van der Waals surface area contributed by atoms with Gasteiger partial charge < -0.3 is 10.7 Å². The van der Waals surface area contributed by atoms with E-state index in [1.165, 1.54) is 0 Å². The van der Waals surface area contributed by atoms with Crippen LogP contribution in [0.25, 0.3) is 11.2 Å². The molecular weight excluding hydrogens is 170 g/mol. The molecule has 2 heterocycles. The Labute approximate surface area is 73.2 Å². The molecule has 2 aromatic heterocycles. The number of aryl methyl sites for hydroxylation is 1. The monoisotopic (exact) mass is 179 g/mol. The van der Waals surface area contributed by atoms with E-state index in [0.717, 1.165) is 12.2 Å². The number of hydrogen-bond acceptors (Lipinski definition) is 4. The van der Waals surface area contributed by atoms with Crippen molar-refractivity contribution in [2.75, 3.05) is 5.73 Å². The highest BCUT2D eigenvalue weighted by Crippen LogP contribution is 2.04. The molecule has 0 unspecified atom stereocenters. The molecule has 0 aliphatic rings. The van der Waals surface area contributed by atoms with Crippen LogP contribution in [0.2, 0.25) is 0 Å². The zero-order valence-electron chi connectivity index (χ0n) is 7.09. The molecule has 0 bridgehead atoms. The van der Waals surface area contributed by atoms with Crippen molar-refractivity contribution in [2.45, 2.75) is 13.3 Å². The van der Waals surface area contributed by atoms with Crippen molar-refractivity contribution in [1.29, 1.82) is 0 Å². The van der Waals surface area contributed by atoms with E-state index in [9.17, 15) is 4.79 Å². The quantitative estimate of drug-likeness (QED) is 0.563. The number of anilines is 1. The Morgan fingerprint density at radius 3 is 2.85 bits per heavy atom. The molecule has 6 heteroatoms. The third kappa shape index (κ3) is 1.16. The summed E-state index contributed by atoms with van der Waals surface area (Å²) in [4.78, 5) is 24.5. The van der Waals surface area contributed by atoms with E-state index >= 15 is 0 Å². The molecule has 4 N–H and O–H groups in total. The van der Waals surface area contributed by atoms with Crippen molar-refractivity contribution < 1.29 is 0 Å². The lowest BCUT2D eigenvalue weighted by atomic mass is 10.5. The zero-order valence-corrected chi connectivity index (χ0v) is 7.09. The summed E-state index contributed by atoms with van der Waals surface area (Å²) in [6.07, 6.45) is 0.732. The normalized spacial score (nSPS) is 10.8. The first-order valence-electron chi connectivity index (χ1n) is 3.95. The summed E-state index contributed by atoms with van der Waals surface area (Å²) in [6.45, 7) is 1.94. The summed E-state index contributed by atoms with van der Waals surface area (Å²) in [7, 11) is 0. The van der Waals surface area contributed by atoms with Crippen molar-refractivity contribution in [3.63, 3.8) is 0 Å². The van der Waals surface area contributed by atoms with Gasteiger partial charge >= 0.3 is 0 Å². The van der Waals surface area contributed by atoms with Crippen LogP contribution in [0.3, 0.4) is 0 Å². The number of fused-ring (bicyclic) bond motifs is 1. The molecule has 0 saturated carbocycles. The Hall–Kier alpha value is -1.85. The largest absolute Gasteiger partial charge is 0.369 e. The van der Waals surface area contributed by atoms with Crippen LogP contribution in [0.1, 0.15) is 12.7 Å². The predicted molar refractivity (Wildman–Crippen MR) is 48.3 cm³/mol. The van der Waals surface area contributed by atoms with E-state index < -0.39 is 0 Å². The Morgan fingerprint density at radius 2 is 2.15 bits per heavy atom. The van der Waals surface area contributed by atoms with Gasteiger partial charge in [-0.25, -0.2) is 4.98 Å². The molecule has 0 saturated heterocycles. The van der Waals surface area contributed by atoms with E-state index in [-0.39, 0.29) is 11.5 Å². The van der Waals surface area contributed by atoms with Crippen molar-refractivity contribution in [1.82, 2.24) is 19.9 Å². The van der Waals surface area contributed by atoms with Crippen molar-refractivity contribution in [3.05, 3.63) is 16.2 Å². The average molecular weight is 179 g/mol. The fraction of sp³-hybridized carbons (Fsp3) is 0.286. The lowest BCUT2D eigenvalue weighted by Crippen LogP contribution is -2.10. The van der Waals surface area contributed by atoms with Crippen LogP contribution < -0.4 is 11.3 Å². The number of H-pyrrole nitrogens is 2. The highest BCUT2D eigenvalue weighted by Gasteiger charge is 2.06. The lowest BCUT2D eigenvalue weighted by molar-refractivity contribution is 0.997. The smallest absolute Gasteiger partial charge is 0.280 e. The topological polar surface area (TPSA) is 100 Å². The first-order chi connectivity index (χ1) is 6.20. The zero-order chi connectivity index (χ0) is 9.42. The molecule has 0 atom stereocenters. The van der Waals surface area contributed by atoms with E-state index in [4.69, 9.17) is 5.73 Å². The van der Waals surface area contributed by atoms with Crippen LogP contribution >= 0.6 is 0 Å². The summed E-state index contributed by atoms with van der Waals surface area (Å²) in [5, 5.41) is 0. The van der Waals surface area contributed by atoms with Crippen LogP contribution in [0.5, 0.6) is 0 Å². The third-order valence-electron chi connectivity index (χ3n) is 1.76. The van der Waals surface area contributed by atoms with Crippen LogP contribution in [0.4, 0.5) is 5.95 Å². The second-order valence-electron chi connectivity index (χ2n) is 2.69. The second-order valence-corrected chi connectivity index (χ2v) is 2.69. The Bertz CT molecular complexity index is 497. The first-order valence-corrected chi connectivity index (χ1v) is 3.95. The van der Waals surface area contributed by atoms with Gasteiger partial charge in [-0.1, -0.05) is 6.92 Å². The number of nitrogens with one attached hydrogen (secondary N) is 2. The minimum atomic E-state index is -0.307. The number of nitrogen functional groups attached to an aromatic ring is 1. The minimum absolute atomic E-state index is 0.101. The van der Waals surface area contributed by atoms with E-state index in [2.05, 4.69) is 19.9 Å². The third-order valence-corrected chi connectivity index (χ3v) is 1.76. The standard InChI is InChI=1S/C7H9N5O/c1-2-3-9-4-5(10-3)11-7(8)12-6(4)13/h2H2,1H3,(H4,8,9,10,11,12,13). The number of nitrogens with two attached hydrogens (primary N) is 1. The number of hydrogen-bond donors (Lipinski definition) is 3. The maximum absolute atomic E-state index is 11.3. The minimum Gasteiger partial charge on any atom is -0.369 e. The fourth-order valence-corrected chi connectivity index (χ4v) is 1.14. The van der Waals surface area contributed by atoms with Gasteiger partial charge in [0.1, 0.15) is 5.82 Å². The molecule has 13 heavy (non-hydrogen) atoms. The predicted octanol–water partition coefficient (Wildman–Crippen LogP) is -0.209. The van der Waals surface area contributed by atoms with Gasteiger partial charge in [-0.15, -0.1) is 0 Å². The maximum atomic E-state index is 11.3. The molecule has 0 spiro atoms. The SMILES string of the molecule is CCc1nc2c(=O)[nH]c(N)nc2[nH]1. The van der Waals surface area contributed by atoms with Crippen LogP contribution in [-0.4, -0.2) is 19.9 Å². The number of nitrogens with zero attached hydrogens (tertiary/aromatic N) is 2. The number of imidazole rings is 1. The summed E-state index contributed by atoms with van der Waals surface area (Å²) < 4.78 is 0. The average Bonchev–Trinajstić information content (AvgIpc) is 2.47. The van der Waals surface area contributed by atoms with Crippen LogP contribution in [0, 0.1) is 0 Å². The Balaban J connectivity index is 2.83. The molecule has 0 fully saturated rings. The summed E-state index contributed by atoms with van der Waals surface area (Å²) in [5.41, 5.74) is 5.81. The molecule has 2 rings (SSSR count). The molecular formula is C7H9N5O. The van der Waals surface area contributed by atoms with Crippen molar-refractivity contribution in [3.8, 4) is 0 Å². The van der Waals surface area contributed by atoms with Gasteiger partial charge in [-0.3, -0.25) is 9.78 Å². The van der Waals surface area contributed by atoms with Gasteiger partial charge in [0.25, 0.3) is 5.56 Å². The molecule has 0 aliphatic heterocycles. The number of aromatic nitrogens is 4.